The van der Waals surface area contributed by atoms with Gasteiger partial charge in [0.25, 0.3) is 0 Å². The average molecular weight is 299 g/mol. The number of hydrogen-bond donors (Lipinski definition) is 1. The predicted molar refractivity (Wildman–Crippen MR) is 82.8 cm³/mol. The van der Waals surface area contributed by atoms with Gasteiger partial charge in [-0.25, -0.2) is 4.39 Å². The van der Waals surface area contributed by atoms with E-state index in [-0.39, 0.29) is 18.2 Å². The van der Waals surface area contributed by atoms with Gasteiger partial charge in [-0.1, -0.05) is 12.1 Å². The predicted octanol–water partition coefficient (Wildman–Crippen LogP) is 3.13. The Hall–Kier alpha value is -0.640. The van der Waals surface area contributed by atoms with Gasteiger partial charge in [0.15, 0.2) is 0 Å². The van der Waals surface area contributed by atoms with Crippen molar-refractivity contribution in [3.63, 3.8) is 0 Å². The summed E-state index contributed by atoms with van der Waals surface area (Å²) in [6, 6.07) is 5.65. The fraction of sp³-hybridized carbons (Fsp3) is 0.625. The van der Waals surface area contributed by atoms with Crippen LogP contribution in [0.3, 0.4) is 0 Å². The van der Waals surface area contributed by atoms with E-state index < -0.39 is 0 Å². The van der Waals surface area contributed by atoms with E-state index in [2.05, 4.69) is 16.3 Å². The van der Waals surface area contributed by atoms with Gasteiger partial charge in [-0.2, -0.15) is 0 Å². The van der Waals surface area contributed by atoms with Gasteiger partial charge < -0.3 is 5.32 Å². The monoisotopic (exact) mass is 298 g/mol. The first-order valence-electron chi connectivity index (χ1n) is 7.35. The zero-order valence-corrected chi connectivity index (χ0v) is 12.9. The molecule has 0 aromatic heterocycles. The molecule has 2 aliphatic heterocycles. The number of nitrogens with one attached hydrogen (secondary N) is 1. The highest BCUT2D eigenvalue weighted by Gasteiger charge is 2.38. The van der Waals surface area contributed by atoms with Crippen LogP contribution in [0.4, 0.5) is 4.39 Å². The van der Waals surface area contributed by atoms with Crippen LogP contribution in [0, 0.1) is 18.2 Å². The largest absolute Gasteiger partial charge is 0.317 e. The van der Waals surface area contributed by atoms with Crippen LogP contribution in [-0.4, -0.2) is 31.1 Å². The molecule has 0 bridgehead atoms. The van der Waals surface area contributed by atoms with E-state index in [0.29, 0.717) is 5.41 Å². The number of aryl methyl sites for hydroxylation is 1. The van der Waals surface area contributed by atoms with Crippen LogP contribution in [0.15, 0.2) is 18.2 Å². The molecule has 2 nitrogen and oxygen atoms in total. The van der Waals surface area contributed by atoms with Crippen LogP contribution < -0.4 is 5.32 Å². The van der Waals surface area contributed by atoms with E-state index in [1.165, 1.54) is 25.8 Å². The summed E-state index contributed by atoms with van der Waals surface area (Å²) in [4.78, 5) is 2.50. The molecule has 1 aromatic carbocycles. The lowest BCUT2D eigenvalue weighted by Crippen LogP contribution is -2.38. The zero-order valence-electron chi connectivity index (χ0n) is 12.1. The standard InChI is InChI=1S/C16H23FN2.ClH/c1-13-2-3-14(10-15(13)17)11-19-9-6-16(12-19)4-7-18-8-5-16;/h2-3,10,18H,4-9,11-12H2,1H3;1H. The van der Waals surface area contributed by atoms with Crippen LogP contribution in [0.1, 0.15) is 30.4 Å². The summed E-state index contributed by atoms with van der Waals surface area (Å²) < 4.78 is 13.6. The lowest BCUT2D eigenvalue weighted by Gasteiger charge is -2.33. The van der Waals surface area contributed by atoms with E-state index in [1.54, 1.807) is 6.07 Å². The molecule has 0 amide bonds. The lowest BCUT2D eigenvalue weighted by molar-refractivity contribution is 0.194. The molecular formula is C16H24ClFN2. The maximum atomic E-state index is 13.6. The molecule has 1 spiro atoms. The molecule has 0 radical (unpaired) electrons. The summed E-state index contributed by atoms with van der Waals surface area (Å²) in [5.74, 6) is -0.0757. The number of hydrogen-bond acceptors (Lipinski definition) is 2. The molecular weight excluding hydrogens is 275 g/mol. The van der Waals surface area contributed by atoms with E-state index in [9.17, 15) is 4.39 Å². The molecule has 0 aliphatic carbocycles. The Labute approximate surface area is 127 Å². The van der Waals surface area contributed by atoms with Crippen molar-refractivity contribution in [2.45, 2.75) is 32.7 Å². The maximum absolute atomic E-state index is 13.6. The molecule has 20 heavy (non-hydrogen) atoms. The second kappa shape index (κ2) is 6.42. The van der Waals surface area contributed by atoms with Crippen LogP contribution in [0.25, 0.3) is 0 Å². The third kappa shape index (κ3) is 3.33. The summed E-state index contributed by atoms with van der Waals surface area (Å²) in [5.41, 5.74) is 2.38. The number of nitrogens with zero attached hydrogens (tertiary/aromatic N) is 1. The Morgan fingerprint density at radius 1 is 1.25 bits per heavy atom. The summed E-state index contributed by atoms with van der Waals surface area (Å²) in [5, 5.41) is 3.45. The van der Waals surface area contributed by atoms with Crippen molar-refractivity contribution < 1.29 is 4.39 Å². The van der Waals surface area contributed by atoms with E-state index in [0.717, 1.165) is 37.3 Å². The Bertz CT molecular complexity index is 458. The smallest absolute Gasteiger partial charge is 0.126 e. The van der Waals surface area contributed by atoms with Gasteiger partial charge in [0.2, 0.25) is 0 Å². The van der Waals surface area contributed by atoms with Gasteiger partial charge in [-0.15, -0.1) is 12.4 Å². The first-order valence-corrected chi connectivity index (χ1v) is 7.35. The van der Waals surface area contributed by atoms with Crippen LogP contribution in [0.5, 0.6) is 0 Å². The fourth-order valence-corrected chi connectivity index (χ4v) is 3.52. The second-order valence-electron chi connectivity index (χ2n) is 6.29. The van der Waals surface area contributed by atoms with Gasteiger partial charge >= 0.3 is 0 Å². The molecule has 3 rings (SSSR count). The van der Waals surface area contributed by atoms with Crippen molar-refractivity contribution >= 4 is 12.4 Å². The molecule has 0 atom stereocenters. The van der Waals surface area contributed by atoms with Gasteiger partial charge in [0.05, 0.1) is 0 Å². The minimum Gasteiger partial charge on any atom is -0.317 e. The highest BCUT2D eigenvalue weighted by Crippen LogP contribution is 2.39. The third-order valence-electron chi connectivity index (χ3n) is 4.82. The van der Waals surface area contributed by atoms with Crippen molar-refractivity contribution in [2.24, 2.45) is 5.41 Å². The minimum atomic E-state index is -0.0757. The zero-order chi connectivity index (χ0) is 13.3. The fourth-order valence-electron chi connectivity index (χ4n) is 3.52. The molecule has 2 heterocycles. The average Bonchev–Trinajstić information content (AvgIpc) is 2.78. The highest BCUT2D eigenvalue weighted by molar-refractivity contribution is 5.85. The summed E-state index contributed by atoms with van der Waals surface area (Å²) >= 11 is 0. The van der Waals surface area contributed by atoms with E-state index in [1.807, 2.05) is 13.0 Å². The Morgan fingerprint density at radius 2 is 2.00 bits per heavy atom. The Kier molecular flexibility index (Phi) is 5.05. The number of halogens is 2. The summed E-state index contributed by atoms with van der Waals surface area (Å²) in [6.45, 7) is 7.38. The van der Waals surface area contributed by atoms with E-state index in [4.69, 9.17) is 0 Å². The summed E-state index contributed by atoms with van der Waals surface area (Å²) in [6.07, 6.45) is 3.90. The third-order valence-corrected chi connectivity index (χ3v) is 4.82. The van der Waals surface area contributed by atoms with Crippen molar-refractivity contribution in [1.82, 2.24) is 10.2 Å². The van der Waals surface area contributed by atoms with Gasteiger partial charge in [-0.05, 0) is 68.4 Å². The van der Waals surface area contributed by atoms with Crippen molar-refractivity contribution in [2.75, 3.05) is 26.2 Å². The topological polar surface area (TPSA) is 15.3 Å². The minimum absolute atomic E-state index is 0. The highest BCUT2D eigenvalue weighted by atomic mass is 35.5. The number of benzene rings is 1. The first kappa shape index (κ1) is 15.7. The van der Waals surface area contributed by atoms with Crippen LogP contribution in [0.2, 0.25) is 0 Å². The van der Waals surface area contributed by atoms with Crippen molar-refractivity contribution in [3.05, 3.63) is 35.1 Å². The second-order valence-corrected chi connectivity index (χ2v) is 6.29. The van der Waals surface area contributed by atoms with Crippen LogP contribution >= 0.6 is 12.4 Å². The normalized spacial score (nSPS) is 21.9. The van der Waals surface area contributed by atoms with Crippen molar-refractivity contribution in [1.29, 1.82) is 0 Å². The molecule has 2 saturated heterocycles. The first-order chi connectivity index (χ1) is 9.17. The molecule has 1 N–H and O–H groups in total. The molecule has 1 aromatic rings. The Morgan fingerprint density at radius 3 is 2.70 bits per heavy atom. The number of piperidine rings is 1. The summed E-state index contributed by atoms with van der Waals surface area (Å²) in [7, 11) is 0. The van der Waals surface area contributed by atoms with Crippen LogP contribution in [-0.2, 0) is 6.54 Å². The Balaban J connectivity index is 0.00000147. The molecule has 2 aliphatic rings. The van der Waals surface area contributed by atoms with Crippen molar-refractivity contribution in [3.8, 4) is 0 Å². The van der Waals surface area contributed by atoms with Gasteiger partial charge in [0, 0.05) is 13.1 Å². The van der Waals surface area contributed by atoms with E-state index >= 15 is 0 Å². The molecule has 4 heteroatoms. The lowest BCUT2D eigenvalue weighted by atomic mass is 9.78. The molecule has 0 unspecified atom stereocenters. The molecule has 0 saturated carbocycles. The molecule has 112 valence electrons. The molecule has 2 fully saturated rings. The van der Waals surface area contributed by atoms with Gasteiger partial charge in [0.1, 0.15) is 5.82 Å². The SMILES string of the molecule is Cc1ccc(CN2CCC3(CCNCC3)C2)cc1F.Cl. The number of likely N-dealkylation sites (tertiary alicyclic amines) is 1. The van der Waals surface area contributed by atoms with Gasteiger partial charge in [-0.3, -0.25) is 4.90 Å². The quantitative estimate of drug-likeness (QED) is 0.902. The number of rotatable bonds is 2. The maximum Gasteiger partial charge on any atom is 0.126 e.